The number of carbonyl (C=O) groups excluding carboxylic acids is 2. The molecule has 0 aromatic heterocycles. The van der Waals surface area contributed by atoms with E-state index in [1.807, 2.05) is 6.07 Å². The smallest absolute Gasteiger partial charge is 0.313 e. The van der Waals surface area contributed by atoms with E-state index >= 15 is 0 Å². The molecular weight excluding hydrogens is 334 g/mol. The Morgan fingerprint density at radius 3 is 2.46 bits per heavy atom. The molecule has 6 heteroatoms. The third-order valence-corrected chi connectivity index (χ3v) is 4.48. The van der Waals surface area contributed by atoms with Crippen LogP contribution in [0.3, 0.4) is 0 Å². The zero-order chi connectivity index (χ0) is 19.5. The number of benzene rings is 1. The lowest BCUT2D eigenvalue weighted by Crippen LogP contribution is -2.34. The van der Waals surface area contributed by atoms with Crippen molar-refractivity contribution in [2.45, 2.75) is 52.1 Å². The van der Waals surface area contributed by atoms with Gasteiger partial charge in [-0.1, -0.05) is 35.9 Å². The summed E-state index contributed by atoms with van der Waals surface area (Å²) in [6.45, 7) is 6.70. The summed E-state index contributed by atoms with van der Waals surface area (Å²) in [5.74, 6) is -1.71. The highest BCUT2D eigenvalue weighted by Crippen LogP contribution is 2.37. The molecule has 1 aliphatic rings. The van der Waals surface area contributed by atoms with Crippen LogP contribution in [0.4, 0.5) is 0 Å². The maximum Gasteiger partial charge on any atom is 0.313 e. The molecule has 2 rings (SSSR count). The molecule has 1 aliphatic carbocycles. The molecule has 0 spiro atoms. The number of ketones is 1. The van der Waals surface area contributed by atoms with Crippen LogP contribution in [-0.4, -0.2) is 28.8 Å². The van der Waals surface area contributed by atoms with E-state index in [-0.39, 0.29) is 24.7 Å². The molecule has 0 aliphatic heterocycles. The number of nitro groups is 1. The Morgan fingerprint density at radius 2 is 1.92 bits per heavy atom. The molecule has 0 bridgehead atoms. The number of esters is 1. The average Bonchev–Trinajstić information content (AvgIpc) is 2.52. The Hall–Kier alpha value is -2.50. The zero-order valence-corrected chi connectivity index (χ0v) is 15.7. The number of hydrogen-bond donors (Lipinski definition) is 0. The number of ether oxygens (including phenoxy) is 1. The Balaban J connectivity index is 2.46. The molecule has 0 radical (unpaired) electrons. The average molecular weight is 359 g/mol. The highest BCUT2D eigenvalue weighted by Gasteiger charge is 2.38. The molecular formula is C20H25NO5. The van der Waals surface area contributed by atoms with Crippen molar-refractivity contribution in [1.82, 2.24) is 0 Å². The third kappa shape index (κ3) is 4.77. The van der Waals surface area contributed by atoms with Gasteiger partial charge in [0.25, 0.3) is 0 Å². The van der Waals surface area contributed by atoms with E-state index in [1.54, 1.807) is 52.0 Å². The second kappa shape index (κ2) is 7.81. The monoisotopic (exact) mass is 359 g/mol. The molecule has 1 aromatic carbocycles. The lowest BCUT2D eigenvalue weighted by atomic mass is 9.75. The third-order valence-electron chi connectivity index (χ3n) is 4.48. The summed E-state index contributed by atoms with van der Waals surface area (Å²) in [7, 11) is 0. The molecule has 26 heavy (non-hydrogen) atoms. The summed E-state index contributed by atoms with van der Waals surface area (Å²) < 4.78 is 5.48. The highest BCUT2D eigenvalue weighted by atomic mass is 16.6. The van der Waals surface area contributed by atoms with E-state index in [0.29, 0.717) is 23.1 Å². The molecule has 0 amide bonds. The van der Waals surface area contributed by atoms with Crippen molar-refractivity contribution in [3.63, 3.8) is 0 Å². The first-order valence-corrected chi connectivity index (χ1v) is 8.73. The number of hydrogen-bond acceptors (Lipinski definition) is 5. The highest BCUT2D eigenvalue weighted by molar-refractivity contribution is 6.00. The van der Waals surface area contributed by atoms with Crippen LogP contribution in [0.15, 0.2) is 41.5 Å². The number of rotatable bonds is 5. The molecule has 0 unspecified atom stereocenters. The van der Waals surface area contributed by atoms with Gasteiger partial charge in [0, 0.05) is 16.9 Å². The van der Waals surface area contributed by atoms with Crippen molar-refractivity contribution in [2.75, 3.05) is 6.54 Å². The predicted molar refractivity (Wildman–Crippen MR) is 97.3 cm³/mol. The van der Waals surface area contributed by atoms with Crippen molar-refractivity contribution in [2.24, 2.45) is 5.92 Å². The first-order valence-electron chi connectivity index (χ1n) is 8.73. The number of carbonyl (C=O) groups is 2. The molecule has 140 valence electrons. The van der Waals surface area contributed by atoms with Gasteiger partial charge in [-0.3, -0.25) is 19.7 Å². The van der Waals surface area contributed by atoms with Gasteiger partial charge in [-0.15, -0.1) is 0 Å². The maximum absolute atomic E-state index is 12.6. The Labute approximate surface area is 153 Å². The van der Waals surface area contributed by atoms with Crippen molar-refractivity contribution in [1.29, 1.82) is 0 Å². The minimum absolute atomic E-state index is 0.127. The fourth-order valence-electron chi connectivity index (χ4n) is 3.37. The first-order chi connectivity index (χ1) is 12.1. The zero-order valence-electron chi connectivity index (χ0n) is 15.7. The largest absolute Gasteiger partial charge is 0.460 e. The van der Waals surface area contributed by atoms with E-state index in [0.717, 1.165) is 0 Å². The molecule has 2 atom stereocenters. The molecule has 6 nitrogen and oxygen atoms in total. The summed E-state index contributed by atoms with van der Waals surface area (Å²) in [6.07, 6.45) is 0.570. The second-order valence-corrected chi connectivity index (χ2v) is 7.62. The quantitative estimate of drug-likeness (QED) is 0.455. The topological polar surface area (TPSA) is 86.5 Å². The standard InChI is InChI=1S/C20H25NO5/c1-13-15(19(23)26-20(2,3)4)10-11-17(22)18(13)16(12-21(24)25)14-8-6-5-7-9-14/h5-9,15-16H,10-12H2,1-4H3/t15-,16+/m0/s1. The fraction of sp³-hybridized carbons (Fsp3) is 0.500. The van der Waals surface area contributed by atoms with Gasteiger partial charge >= 0.3 is 5.97 Å². The molecule has 0 N–H and O–H groups in total. The molecule has 1 aromatic rings. The number of nitrogens with zero attached hydrogens (tertiary/aromatic N) is 1. The van der Waals surface area contributed by atoms with Crippen molar-refractivity contribution in [3.8, 4) is 0 Å². The van der Waals surface area contributed by atoms with E-state index in [4.69, 9.17) is 4.74 Å². The van der Waals surface area contributed by atoms with E-state index in [2.05, 4.69) is 0 Å². The lowest BCUT2D eigenvalue weighted by molar-refractivity contribution is -0.481. The lowest BCUT2D eigenvalue weighted by Gasteiger charge is -2.30. The van der Waals surface area contributed by atoms with Gasteiger partial charge in [-0.25, -0.2) is 0 Å². The Morgan fingerprint density at radius 1 is 1.31 bits per heavy atom. The SMILES string of the molecule is CC1=C([C@H](C[N+](=O)[O-])c2ccccc2)C(=O)CC[C@@H]1C(=O)OC(C)(C)C. The maximum atomic E-state index is 12.6. The summed E-state index contributed by atoms with van der Waals surface area (Å²) in [4.78, 5) is 36.0. The van der Waals surface area contributed by atoms with Crippen molar-refractivity contribution >= 4 is 11.8 Å². The Kier molecular flexibility index (Phi) is 5.95. The summed E-state index contributed by atoms with van der Waals surface area (Å²) in [5, 5.41) is 11.2. The first kappa shape index (κ1) is 19.8. The van der Waals surface area contributed by atoms with Gasteiger partial charge in [0.1, 0.15) is 5.60 Å². The molecule has 0 heterocycles. The van der Waals surface area contributed by atoms with Crippen LogP contribution >= 0.6 is 0 Å². The number of Topliss-reactive ketones (excluding diaryl/α,β-unsaturated/α-hetero) is 1. The minimum atomic E-state index is -0.663. The van der Waals surface area contributed by atoms with Crippen molar-refractivity contribution in [3.05, 3.63) is 57.2 Å². The minimum Gasteiger partial charge on any atom is -0.460 e. The molecule has 0 fully saturated rings. The van der Waals surface area contributed by atoms with Crippen LogP contribution < -0.4 is 0 Å². The van der Waals surface area contributed by atoms with Gasteiger partial charge in [0.2, 0.25) is 6.54 Å². The predicted octanol–water partition coefficient (Wildman–Crippen LogP) is 3.68. The van der Waals surface area contributed by atoms with Crippen LogP contribution in [0.2, 0.25) is 0 Å². The van der Waals surface area contributed by atoms with E-state index in [1.165, 1.54) is 0 Å². The Bertz CT molecular complexity index is 730. The van der Waals surface area contributed by atoms with E-state index in [9.17, 15) is 19.7 Å². The summed E-state index contributed by atoms with van der Waals surface area (Å²) in [6, 6.07) is 8.95. The second-order valence-electron chi connectivity index (χ2n) is 7.62. The molecule has 0 saturated carbocycles. The van der Waals surface area contributed by atoms with Gasteiger partial charge < -0.3 is 4.74 Å². The van der Waals surface area contributed by atoms with Gasteiger partial charge in [-0.2, -0.15) is 0 Å². The van der Waals surface area contributed by atoms with Crippen LogP contribution in [0.1, 0.15) is 52.0 Å². The molecule has 0 saturated heterocycles. The van der Waals surface area contributed by atoms with Gasteiger partial charge in [-0.05, 0) is 39.7 Å². The van der Waals surface area contributed by atoms with Crippen LogP contribution in [0, 0.1) is 16.0 Å². The van der Waals surface area contributed by atoms with Crippen LogP contribution in [0.5, 0.6) is 0 Å². The summed E-state index contributed by atoms with van der Waals surface area (Å²) in [5.41, 5.74) is 1.05. The fourth-order valence-corrected chi connectivity index (χ4v) is 3.37. The normalized spacial score (nSPS) is 19.2. The summed E-state index contributed by atoms with van der Waals surface area (Å²) >= 11 is 0. The van der Waals surface area contributed by atoms with Crippen LogP contribution in [-0.2, 0) is 14.3 Å². The van der Waals surface area contributed by atoms with Gasteiger partial charge in [0.15, 0.2) is 5.78 Å². The van der Waals surface area contributed by atoms with E-state index < -0.39 is 22.4 Å². The van der Waals surface area contributed by atoms with Gasteiger partial charge in [0.05, 0.1) is 11.8 Å². The van der Waals surface area contributed by atoms with Crippen LogP contribution in [0.25, 0.3) is 0 Å². The van der Waals surface area contributed by atoms with Crippen molar-refractivity contribution < 1.29 is 19.2 Å².